The molecule has 3 heterocycles. The van der Waals surface area contributed by atoms with Crippen LogP contribution < -0.4 is 10.1 Å². The van der Waals surface area contributed by atoms with Gasteiger partial charge in [-0.15, -0.1) is 11.3 Å². The number of hydrogen-bond donors (Lipinski definition) is 1. The van der Waals surface area contributed by atoms with Crippen LogP contribution in [0.1, 0.15) is 29.8 Å². The molecule has 2 saturated heterocycles. The molecule has 0 radical (unpaired) electrons. The maximum atomic E-state index is 13.0. The third-order valence-electron chi connectivity index (χ3n) is 4.95. The van der Waals surface area contributed by atoms with E-state index in [1.54, 1.807) is 7.11 Å². The second kappa shape index (κ2) is 6.53. The molecule has 6 heteroatoms. The summed E-state index contributed by atoms with van der Waals surface area (Å²) in [6, 6.07) is 8.47. The summed E-state index contributed by atoms with van der Waals surface area (Å²) >= 11 is 1.52. The van der Waals surface area contributed by atoms with Crippen molar-refractivity contribution in [3.63, 3.8) is 0 Å². The highest BCUT2D eigenvalue weighted by Gasteiger charge is 2.39. The summed E-state index contributed by atoms with van der Waals surface area (Å²) < 4.78 is 5.19. The molecule has 0 spiro atoms. The number of thiazole rings is 1. The molecule has 0 aliphatic carbocycles. The molecular weight excluding hydrogens is 322 g/mol. The van der Waals surface area contributed by atoms with Crippen molar-refractivity contribution in [3.8, 4) is 16.3 Å². The summed E-state index contributed by atoms with van der Waals surface area (Å²) in [6.45, 7) is 1.90. The van der Waals surface area contributed by atoms with Gasteiger partial charge in [0.1, 0.15) is 16.5 Å². The summed E-state index contributed by atoms with van der Waals surface area (Å²) in [4.78, 5) is 19.7. The quantitative estimate of drug-likeness (QED) is 0.931. The van der Waals surface area contributed by atoms with E-state index in [-0.39, 0.29) is 5.91 Å². The fraction of sp³-hybridized carbons (Fsp3) is 0.444. The van der Waals surface area contributed by atoms with E-state index in [4.69, 9.17) is 4.74 Å². The molecule has 1 aromatic heterocycles. The van der Waals surface area contributed by atoms with E-state index < -0.39 is 0 Å². The number of methoxy groups -OCH3 is 1. The van der Waals surface area contributed by atoms with E-state index in [1.807, 2.05) is 29.6 Å². The Morgan fingerprint density at radius 2 is 2.04 bits per heavy atom. The second-order valence-corrected chi connectivity index (χ2v) is 7.21. The number of carbonyl (C=O) groups excluding carboxylic acids is 1. The molecule has 2 atom stereocenters. The SMILES string of the molecule is COc1ccc(-c2nc(C(=O)N3C4CCNCC3CC4)cs2)cc1. The molecule has 2 aromatic rings. The first kappa shape index (κ1) is 15.6. The summed E-state index contributed by atoms with van der Waals surface area (Å²) in [5, 5.41) is 6.20. The lowest BCUT2D eigenvalue weighted by Gasteiger charge is -2.27. The molecule has 2 aliphatic rings. The third-order valence-corrected chi connectivity index (χ3v) is 5.84. The van der Waals surface area contributed by atoms with Crippen molar-refractivity contribution in [2.75, 3.05) is 20.2 Å². The van der Waals surface area contributed by atoms with E-state index in [9.17, 15) is 4.79 Å². The Hall–Kier alpha value is -1.92. The zero-order valence-corrected chi connectivity index (χ0v) is 14.5. The minimum Gasteiger partial charge on any atom is -0.497 e. The van der Waals surface area contributed by atoms with Crippen LogP contribution >= 0.6 is 11.3 Å². The Bertz CT molecular complexity index is 714. The van der Waals surface area contributed by atoms with Gasteiger partial charge in [-0.1, -0.05) is 0 Å². The first-order valence-electron chi connectivity index (χ1n) is 8.39. The predicted molar refractivity (Wildman–Crippen MR) is 94.6 cm³/mol. The molecule has 4 rings (SSSR count). The molecule has 1 amide bonds. The summed E-state index contributed by atoms with van der Waals surface area (Å²) in [5.74, 6) is 0.905. The predicted octanol–water partition coefficient (Wildman–Crippen LogP) is 2.79. The van der Waals surface area contributed by atoms with Gasteiger partial charge in [0.15, 0.2) is 0 Å². The van der Waals surface area contributed by atoms with Crippen molar-refractivity contribution in [2.45, 2.75) is 31.3 Å². The van der Waals surface area contributed by atoms with Crippen LogP contribution in [0.3, 0.4) is 0 Å². The van der Waals surface area contributed by atoms with Gasteiger partial charge in [0.2, 0.25) is 0 Å². The lowest BCUT2D eigenvalue weighted by Crippen LogP contribution is -2.42. The highest BCUT2D eigenvalue weighted by Crippen LogP contribution is 2.31. The Morgan fingerprint density at radius 1 is 1.25 bits per heavy atom. The van der Waals surface area contributed by atoms with Gasteiger partial charge < -0.3 is 15.0 Å². The summed E-state index contributed by atoms with van der Waals surface area (Å²) in [7, 11) is 1.65. The number of aromatic nitrogens is 1. The van der Waals surface area contributed by atoms with Crippen molar-refractivity contribution in [1.29, 1.82) is 0 Å². The van der Waals surface area contributed by atoms with Crippen LogP contribution in [0.25, 0.3) is 10.6 Å². The van der Waals surface area contributed by atoms with E-state index in [0.717, 1.165) is 48.7 Å². The minimum atomic E-state index is 0.0854. The standard InChI is InChI=1S/C18H21N3O2S/c1-23-15-6-2-12(3-7-15)17-20-16(11-24-17)18(22)21-13-4-5-14(21)10-19-9-8-13/h2-3,6-7,11,13-14,19H,4-5,8-10H2,1H3. The van der Waals surface area contributed by atoms with Crippen LogP contribution in [0, 0.1) is 0 Å². The molecule has 2 aliphatic heterocycles. The van der Waals surface area contributed by atoms with Gasteiger partial charge in [0, 0.05) is 29.6 Å². The van der Waals surface area contributed by atoms with Crippen LogP contribution in [0.5, 0.6) is 5.75 Å². The number of rotatable bonds is 3. The normalized spacial score (nSPS) is 23.1. The highest BCUT2D eigenvalue weighted by molar-refractivity contribution is 7.13. The van der Waals surface area contributed by atoms with E-state index in [2.05, 4.69) is 15.2 Å². The first-order valence-corrected chi connectivity index (χ1v) is 9.27. The smallest absolute Gasteiger partial charge is 0.273 e. The number of carbonyl (C=O) groups is 1. The fourth-order valence-corrected chi connectivity index (χ4v) is 4.48. The van der Waals surface area contributed by atoms with E-state index >= 15 is 0 Å². The Labute approximate surface area is 145 Å². The van der Waals surface area contributed by atoms with Crippen LogP contribution in [0.4, 0.5) is 0 Å². The molecule has 1 aromatic carbocycles. The molecule has 2 fully saturated rings. The third kappa shape index (κ3) is 2.80. The zero-order valence-electron chi connectivity index (χ0n) is 13.7. The number of hydrogen-bond acceptors (Lipinski definition) is 5. The van der Waals surface area contributed by atoms with Gasteiger partial charge in [-0.3, -0.25) is 4.79 Å². The lowest BCUT2D eigenvalue weighted by molar-refractivity contribution is 0.0675. The van der Waals surface area contributed by atoms with E-state index in [1.165, 1.54) is 11.3 Å². The van der Waals surface area contributed by atoms with Crippen LogP contribution in [-0.2, 0) is 0 Å². The molecular formula is C18H21N3O2S. The summed E-state index contributed by atoms with van der Waals surface area (Å²) in [6.07, 6.45) is 3.25. The fourth-order valence-electron chi connectivity index (χ4n) is 3.68. The lowest BCUT2D eigenvalue weighted by atomic mass is 10.1. The Kier molecular flexibility index (Phi) is 4.24. The first-order chi connectivity index (χ1) is 11.8. The number of nitrogens with zero attached hydrogens (tertiary/aromatic N) is 2. The van der Waals surface area contributed by atoms with Crippen molar-refractivity contribution < 1.29 is 9.53 Å². The van der Waals surface area contributed by atoms with Crippen molar-refractivity contribution in [1.82, 2.24) is 15.2 Å². The molecule has 0 saturated carbocycles. The molecule has 5 nitrogen and oxygen atoms in total. The monoisotopic (exact) mass is 343 g/mol. The average Bonchev–Trinajstić information content (AvgIpc) is 3.18. The number of amides is 1. The molecule has 2 bridgehead atoms. The Morgan fingerprint density at radius 3 is 2.83 bits per heavy atom. The molecule has 2 unspecified atom stereocenters. The topological polar surface area (TPSA) is 54.5 Å². The average molecular weight is 343 g/mol. The van der Waals surface area contributed by atoms with Gasteiger partial charge in [0.25, 0.3) is 5.91 Å². The molecule has 126 valence electrons. The maximum Gasteiger partial charge on any atom is 0.273 e. The van der Waals surface area contributed by atoms with Gasteiger partial charge in [-0.25, -0.2) is 4.98 Å². The van der Waals surface area contributed by atoms with Gasteiger partial charge >= 0.3 is 0 Å². The minimum absolute atomic E-state index is 0.0854. The molecule has 24 heavy (non-hydrogen) atoms. The van der Waals surface area contributed by atoms with Gasteiger partial charge in [0.05, 0.1) is 7.11 Å². The van der Waals surface area contributed by atoms with E-state index in [0.29, 0.717) is 17.8 Å². The second-order valence-electron chi connectivity index (χ2n) is 6.36. The summed E-state index contributed by atoms with van der Waals surface area (Å²) in [5.41, 5.74) is 1.59. The van der Waals surface area contributed by atoms with Crippen molar-refractivity contribution >= 4 is 17.2 Å². The van der Waals surface area contributed by atoms with Crippen LogP contribution in [0.15, 0.2) is 29.6 Å². The van der Waals surface area contributed by atoms with Crippen molar-refractivity contribution in [2.24, 2.45) is 0 Å². The largest absolute Gasteiger partial charge is 0.497 e. The van der Waals surface area contributed by atoms with Gasteiger partial charge in [-0.2, -0.15) is 0 Å². The number of fused-ring (bicyclic) bond motifs is 2. The number of ether oxygens (including phenoxy) is 1. The zero-order chi connectivity index (χ0) is 16.5. The molecule has 1 N–H and O–H groups in total. The van der Waals surface area contributed by atoms with Gasteiger partial charge in [-0.05, 0) is 50.1 Å². The number of benzene rings is 1. The maximum absolute atomic E-state index is 13.0. The number of nitrogens with one attached hydrogen (secondary N) is 1. The van der Waals surface area contributed by atoms with Crippen LogP contribution in [-0.4, -0.2) is 48.1 Å². The Balaban J connectivity index is 1.56. The van der Waals surface area contributed by atoms with Crippen molar-refractivity contribution in [3.05, 3.63) is 35.3 Å². The van der Waals surface area contributed by atoms with Crippen LogP contribution in [0.2, 0.25) is 0 Å². The highest BCUT2D eigenvalue weighted by atomic mass is 32.1.